The Morgan fingerprint density at radius 1 is 1.42 bits per heavy atom. The molecule has 1 aromatic carbocycles. The molecule has 0 bridgehead atoms. The fraction of sp³-hybridized carbons (Fsp3) is 0.600. The molecule has 0 amide bonds. The predicted molar refractivity (Wildman–Crippen MR) is 78.2 cm³/mol. The second kappa shape index (κ2) is 6.78. The zero-order valence-corrected chi connectivity index (χ0v) is 12.1. The fourth-order valence-electron chi connectivity index (χ4n) is 2.54. The lowest BCUT2D eigenvalue weighted by molar-refractivity contribution is 0.0753. The molecular weight excluding hydrogens is 240 g/mol. The summed E-state index contributed by atoms with van der Waals surface area (Å²) in [5.74, 6) is 0.943. The molecule has 1 aromatic rings. The van der Waals surface area contributed by atoms with Crippen LogP contribution in [-0.2, 0) is 4.74 Å². The van der Waals surface area contributed by atoms with Gasteiger partial charge in [-0.2, -0.15) is 0 Å². The highest BCUT2D eigenvalue weighted by Crippen LogP contribution is 2.29. The van der Waals surface area contributed by atoms with Crippen LogP contribution in [0.2, 0.25) is 0 Å². The van der Waals surface area contributed by atoms with Crippen LogP contribution in [0.4, 0.5) is 5.69 Å². The first kappa shape index (κ1) is 14.2. The molecule has 1 fully saturated rings. The monoisotopic (exact) mass is 264 g/mol. The van der Waals surface area contributed by atoms with Crippen molar-refractivity contribution in [2.24, 2.45) is 0 Å². The molecule has 0 saturated carbocycles. The maximum atomic E-state index is 5.47. The summed E-state index contributed by atoms with van der Waals surface area (Å²) in [6.45, 7) is 7.69. The Kier molecular flexibility index (Phi) is 5.05. The molecule has 1 aliphatic heterocycles. The minimum atomic E-state index is 0.457. The van der Waals surface area contributed by atoms with E-state index in [1.54, 1.807) is 7.11 Å². The second-order valence-electron chi connectivity index (χ2n) is 5.10. The van der Waals surface area contributed by atoms with Crippen molar-refractivity contribution in [2.45, 2.75) is 26.3 Å². The SMILES string of the molecule is COc1c(C)cc(C)cc1NCCC1COCCN1. The van der Waals surface area contributed by atoms with E-state index in [1.165, 1.54) is 11.1 Å². The van der Waals surface area contributed by atoms with Crippen molar-refractivity contribution >= 4 is 5.69 Å². The average molecular weight is 264 g/mol. The van der Waals surface area contributed by atoms with Crippen LogP contribution >= 0.6 is 0 Å². The van der Waals surface area contributed by atoms with E-state index >= 15 is 0 Å². The van der Waals surface area contributed by atoms with E-state index in [2.05, 4.69) is 36.6 Å². The first-order valence-corrected chi connectivity index (χ1v) is 6.91. The van der Waals surface area contributed by atoms with E-state index in [9.17, 15) is 0 Å². The van der Waals surface area contributed by atoms with Gasteiger partial charge in [0.2, 0.25) is 0 Å². The topological polar surface area (TPSA) is 42.5 Å². The molecule has 4 heteroatoms. The van der Waals surface area contributed by atoms with Crippen LogP contribution in [0.25, 0.3) is 0 Å². The number of ether oxygens (including phenoxy) is 2. The lowest BCUT2D eigenvalue weighted by Gasteiger charge is -2.24. The second-order valence-corrected chi connectivity index (χ2v) is 5.10. The molecule has 106 valence electrons. The largest absolute Gasteiger partial charge is 0.494 e. The van der Waals surface area contributed by atoms with Crippen molar-refractivity contribution in [3.05, 3.63) is 23.3 Å². The van der Waals surface area contributed by atoms with Crippen LogP contribution in [0.5, 0.6) is 5.75 Å². The number of methoxy groups -OCH3 is 1. The van der Waals surface area contributed by atoms with Crippen molar-refractivity contribution < 1.29 is 9.47 Å². The molecule has 1 aliphatic rings. The van der Waals surface area contributed by atoms with Crippen LogP contribution in [0.1, 0.15) is 17.5 Å². The number of morpholine rings is 1. The molecule has 0 radical (unpaired) electrons. The van der Waals surface area contributed by atoms with Gasteiger partial charge in [-0.25, -0.2) is 0 Å². The normalized spacial score (nSPS) is 19.2. The minimum Gasteiger partial charge on any atom is -0.494 e. The number of aryl methyl sites for hydroxylation is 2. The van der Waals surface area contributed by atoms with Crippen molar-refractivity contribution in [3.8, 4) is 5.75 Å². The number of hydrogen-bond acceptors (Lipinski definition) is 4. The molecule has 4 nitrogen and oxygen atoms in total. The van der Waals surface area contributed by atoms with Crippen molar-refractivity contribution in [2.75, 3.05) is 38.7 Å². The highest BCUT2D eigenvalue weighted by molar-refractivity contribution is 5.61. The third-order valence-corrected chi connectivity index (χ3v) is 3.43. The molecule has 1 unspecified atom stereocenters. The molecule has 1 heterocycles. The molecule has 19 heavy (non-hydrogen) atoms. The van der Waals surface area contributed by atoms with Crippen LogP contribution in [-0.4, -0.2) is 39.5 Å². The number of anilines is 1. The standard InChI is InChI=1S/C15H24N2O2/c1-11-8-12(2)15(18-3)14(9-11)17-5-4-13-10-19-7-6-16-13/h8-9,13,16-17H,4-7,10H2,1-3H3. The van der Waals surface area contributed by atoms with Crippen LogP contribution in [0, 0.1) is 13.8 Å². The highest BCUT2D eigenvalue weighted by atomic mass is 16.5. The number of hydrogen-bond donors (Lipinski definition) is 2. The van der Waals surface area contributed by atoms with E-state index in [0.717, 1.165) is 44.2 Å². The summed E-state index contributed by atoms with van der Waals surface area (Å²) in [7, 11) is 1.72. The fourth-order valence-corrected chi connectivity index (χ4v) is 2.54. The van der Waals surface area contributed by atoms with Crippen molar-refractivity contribution in [3.63, 3.8) is 0 Å². The molecule has 2 N–H and O–H groups in total. The van der Waals surface area contributed by atoms with E-state index < -0.39 is 0 Å². The summed E-state index contributed by atoms with van der Waals surface area (Å²) in [6.07, 6.45) is 1.05. The molecule has 0 aromatic heterocycles. The summed E-state index contributed by atoms with van der Waals surface area (Å²) in [5.41, 5.74) is 3.50. The van der Waals surface area contributed by atoms with Gasteiger partial charge in [-0.3, -0.25) is 0 Å². The van der Waals surface area contributed by atoms with Gasteiger partial charge in [0.25, 0.3) is 0 Å². The maximum Gasteiger partial charge on any atom is 0.144 e. The summed E-state index contributed by atoms with van der Waals surface area (Å²) in [4.78, 5) is 0. The Bertz CT molecular complexity index is 415. The first-order valence-electron chi connectivity index (χ1n) is 6.91. The van der Waals surface area contributed by atoms with E-state index in [1.807, 2.05) is 0 Å². The summed E-state index contributed by atoms with van der Waals surface area (Å²) < 4.78 is 10.9. The van der Waals surface area contributed by atoms with Gasteiger partial charge in [0.05, 0.1) is 26.0 Å². The van der Waals surface area contributed by atoms with Gasteiger partial charge in [-0.15, -0.1) is 0 Å². The van der Waals surface area contributed by atoms with E-state index in [-0.39, 0.29) is 0 Å². The van der Waals surface area contributed by atoms with Crippen LogP contribution < -0.4 is 15.4 Å². The average Bonchev–Trinajstić information content (AvgIpc) is 2.39. The molecule has 1 atom stereocenters. The van der Waals surface area contributed by atoms with E-state index in [0.29, 0.717) is 6.04 Å². The van der Waals surface area contributed by atoms with Gasteiger partial charge in [-0.05, 0) is 37.5 Å². The van der Waals surface area contributed by atoms with Gasteiger partial charge in [0, 0.05) is 19.1 Å². The minimum absolute atomic E-state index is 0.457. The maximum absolute atomic E-state index is 5.47. The lowest BCUT2D eigenvalue weighted by atomic mass is 10.1. The highest BCUT2D eigenvalue weighted by Gasteiger charge is 2.13. The van der Waals surface area contributed by atoms with E-state index in [4.69, 9.17) is 9.47 Å². The first-order chi connectivity index (χ1) is 9.20. The Labute approximate surface area is 115 Å². The molecular formula is C15H24N2O2. The Balaban J connectivity index is 1.91. The smallest absolute Gasteiger partial charge is 0.144 e. The Hall–Kier alpha value is -1.26. The molecule has 0 spiro atoms. The van der Waals surface area contributed by atoms with Gasteiger partial charge in [0.15, 0.2) is 0 Å². The zero-order chi connectivity index (χ0) is 13.7. The third kappa shape index (κ3) is 3.85. The van der Waals surface area contributed by atoms with Crippen molar-refractivity contribution in [1.82, 2.24) is 5.32 Å². The number of benzene rings is 1. The molecule has 2 rings (SSSR count). The summed E-state index contributed by atoms with van der Waals surface area (Å²) in [5, 5.41) is 6.93. The third-order valence-electron chi connectivity index (χ3n) is 3.43. The van der Waals surface area contributed by atoms with Crippen LogP contribution in [0.15, 0.2) is 12.1 Å². The quantitative estimate of drug-likeness (QED) is 0.854. The van der Waals surface area contributed by atoms with Gasteiger partial charge in [0.1, 0.15) is 5.75 Å². The van der Waals surface area contributed by atoms with Crippen molar-refractivity contribution in [1.29, 1.82) is 0 Å². The summed E-state index contributed by atoms with van der Waals surface area (Å²) in [6, 6.07) is 4.73. The summed E-state index contributed by atoms with van der Waals surface area (Å²) >= 11 is 0. The molecule has 0 aliphatic carbocycles. The predicted octanol–water partition coefficient (Wildman–Crippen LogP) is 2.10. The number of nitrogens with one attached hydrogen (secondary N) is 2. The number of rotatable bonds is 5. The van der Waals surface area contributed by atoms with Gasteiger partial charge >= 0.3 is 0 Å². The lowest BCUT2D eigenvalue weighted by Crippen LogP contribution is -2.42. The van der Waals surface area contributed by atoms with Crippen LogP contribution in [0.3, 0.4) is 0 Å². The van der Waals surface area contributed by atoms with Gasteiger partial charge in [-0.1, -0.05) is 6.07 Å². The molecule has 1 saturated heterocycles. The Morgan fingerprint density at radius 2 is 2.26 bits per heavy atom. The zero-order valence-electron chi connectivity index (χ0n) is 12.1. The Morgan fingerprint density at radius 3 is 2.95 bits per heavy atom. The van der Waals surface area contributed by atoms with Gasteiger partial charge < -0.3 is 20.1 Å².